The van der Waals surface area contributed by atoms with E-state index in [4.69, 9.17) is 4.74 Å². The van der Waals surface area contributed by atoms with Gasteiger partial charge in [-0.15, -0.1) is 0 Å². The average molecular weight is 438 g/mol. The van der Waals surface area contributed by atoms with Crippen LogP contribution in [0, 0.1) is 5.92 Å². The molecule has 1 saturated heterocycles. The molecule has 12 nitrogen and oxygen atoms in total. The van der Waals surface area contributed by atoms with Gasteiger partial charge in [0.1, 0.15) is 18.3 Å². The molecule has 0 saturated carbocycles. The summed E-state index contributed by atoms with van der Waals surface area (Å²) in [6.07, 6.45) is -2.05. The second-order valence-electron chi connectivity index (χ2n) is 7.42. The maximum absolute atomic E-state index is 12.6. The van der Waals surface area contributed by atoms with Crippen LogP contribution in [0.1, 0.15) is 19.5 Å². The molecule has 1 aliphatic rings. The third kappa shape index (κ3) is 6.70. The van der Waals surface area contributed by atoms with Gasteiger partial charge in [0.2, 0.25) is 11.7 Å². The maximum Gasteiger partial charge on any atom is 1.00 e. The van der Waals surface area contributed by atoms with Gasteiger partial charge >= 0.3 is 29.6 Å². The van der Waals surface area contributed by atoms with Gasteiger partial charge in [0.05, 0.1) is 37.5 Å². The van der Waals surface area contributed by atoms with E-state index in [1.807, 2.05) is 0 Å². The van der Waals surface area contributed by atoms with Crippen LogP contribution in [0.2, 0.25) is 0 Å². The molecule has 1 aromatic heterocycles. The number of rotatable bonds is 9. The molecule has 13 heteroatoms. The standard InChI is InChI=1S/C17H28N4O8.Na/c1-8(2)12(19-6-17(28)14(24)13(23)11(22)5-29-17)15(25)21-10(16(26)27)3-9-4-18-7-20-9;/h4,7-8,10-14,19,22-24,28H,3,5-6H2,1-2H3,(H,18,20)(H,21,25)(H,26,27);/q;+1/p-1/t10?,11-,12+,13?,14?,17?;/m1./s1. The van der Waals surface area contributed by atoms with Crippen LogP contribution < -0.4 is 45.3 Å². The van der Waals surface area contributed by atoms with Crippen molar-refractivity contribution in [3.63, 3.8) is 0 Å². The van der Waals surface area contributed by atoms with Crippen LogP contribution in [0.5, 0.6) is 0 Å². The Morgan fingerprint density at radius 2 is 2.07 bits per heavy atom. The summed E-state index contributed by atoms with van der Waals surface area (Å²) >= 11 is 0. The van der Waals surface area contributed by atoms with E-state index < -0.39 is 61.2 Å². The summed E-state index contributed by atoms with van der Waals surface area (Å²) in [7, 11) is 0. The van der Waals surface area contributed by atoms with E-state index in [0.29, 0.717) is 5.69 Å². The summed E-state index contributed by atoms with van der Waals surface area (Å²) in [4.78, 5) is 30.6. The molecular formula is C17H27N4NaO8. The fourth-order valence-corrected chi connectivity index (χ4v) is 3.00. The molecule has 0 radical (unpaired) electrons. The van der Waals surface area contributed by atoms with E-state index >= 15 is 0 Å². The number of aliphatic hydroxyl groups excluding tert-OH is 3. The first kappa shape index (κ1) is 26.9. The van der Waals surface area contributed by atoms with Gasteiger partial charge in [-0.2, -0.15) is 0 Å². The summed E-state index contributed by atoms with van der Waals surface area (Å²) < 4.78 is 5.05. The number of hydrogen-bond acceptors (Lipinski definition) is 10. The zero-order valence-corrected chi connectivity index (χ0v) is 19.1. The Morgan fingerprint density at radius 3 is 2.60 bits per heavy atom. The van der Waals surface area contributed by atoms with Gasteiger partial charge in [0.15, 0.2) is 0 Å². The van der Waals surface area contributed by atoms with Gasteiger partial charge < -0.3 is 50.7 Å². The first-order chi connectivity index (χ1) is 13.5. The second kappa shape index (κ2) is 11.5. The van der Waals surface area contributed by atoms with Crippen molar-refractivity contribution in [3.05, 3.63) is 18.2 Å². The van der Waals surface area contributed by atoms with Gasteiger partial charge in [-0.05, 0) is 5.92 Å². The van der Waals surface area contributed by atoms with Crippen molar-refractivity contribution in [3.8, 4) is 0 Å². The van der Waals surface area contributed by atoms with Gasteiger partial charge in [-0.3, -0.25) is 4.79 Å². The Balaban J connectivity index is 0.00000450. The number of nitrogens with zero attached hydrogens (tertiary/aromatic N) is 1. The summed E-state index contributed by atoms with van der Waals surface area (Å²) in [5.74, 6) is -4.71. The molecule has 0 aliphatic carbocycles. The van der Waals surface area contributed by atoms with Crippen LogP contribution in [0.15, 0.2) is 12.5 Å². The maximum atomic E-state index is 12.6. The van der Waals surface area contributed by atoms with Crippen molar-refractivity contribution in [2.24, 2.45) is 5.92 Å². The Bertz CT molecular complexity index is 691. The van der Waals surface area contributed by atoms with Crippen LogP contribution in [-0.4, -0.2) is 91.6 Å². The minimum absolute atomic E-state index is 0. The van der Waals surface area contributed by atoms with E-state index in [2.05, 4.69) is 20.6 Å². The first-order valence-electron chi connectivity index (χ1n) is 9.17. The molecule has 2 rings (SSSR count). The number of aliphatic hydroxyl groups is 4. The molecule has 0 spiro atoms. The van der Waals surface area contributed by atoms with Crippen LogP contribution in [-0.2, 0) is 20.7 Å². The minimum atomic E-state index is -2.24. The number of carboxylic acid groups (broad SMARTS) is 1. The number of amides is 1. The molecule has 4 unspecified atom stereocenters. The molecule has 1 amide bonds. The number of aromatic amines is 1. The van der Waals surface area contributed by atoms with Crippen molar-refractivity contribution >= 4 is 11.9 Å². The number of aromatic nitrogens is 2. The quantitative estimate of drug-likeness (QED) is 0.182. The predicted molar refractivity (Wildman–Crippen MR) is 94.8 cm³/mol. The summed E-state index contributed by atoms with van der Waals surface area (Å²) in [6, 6.07) is -2.27. The third-order valence-electron chi connectivity index (χ3n) is 4.79. The molecule has 6 atom stereocenters. The fourth-order valence-electron chi connectivity index (χ4n) is 3.00. The number of carboxylic acids is 1. The molecule has 0 aromatic carbocycles. The molecule has 164 valence electrons. The van der Waals surface area contributed by atoms with Crippen molar-refractivity contribution < 1.29 is 69.4 Å². The number of imidazole rings is 1. The Labute approximate surface area is 195 Å². The van der Waals surface area contributed by atoms with E-state index in [0.717, 1.165) is 0 Å². The van der Waals surface area contributed by atoms with Gasteiger partial charge in [-0.1, -0.05) is 13.8 Å². The number of carbonyl (C=O) groups is 2. The second-order valence-corrected chi connectivity index (χ2v) is 7.42. The van der Waals surface area contributed by atoms with Crippen LogP contribution in [0.25, 0.3) is 0 Å². The molecule has 7 N–H and O–H groups in total. The Kier molecular flexibility index (Phi) is 10.3. The molecular weight excluding hydrogens is 411 g/mol. The smallest absolute Gasteiger partial charge is 0.548 e. The van der Waals surface area contributed by atoms with E-state index in [-0.39, 0.29) is 41.9 Å². The molecule has 1 aromatic rings. The van der Waals surface area contributed by atoms with Crippen molar-refractivity contribution in [1.29, 1.82) is 0 Å². The zero-order valence-electron chi connectivity index (χ0n) is 17.1. The van der Waals surface area contributed by atoms with Crippen molar-refractivity contribution in [2.75, 3.05) is 13.2 Å². The van der Waals surface area contributed by atoms with Crippen LogP contribution in [0.4, 0.5) is 0 Å². The number of nitrogens with one attached hydrogen (secondary N) is 3. The average Bonchev–Trinajstić information content (AvgIpc) is 3.16. The minimum Gasteiger partial charge on any atom is -0.548 e. The van der Waals surface area contributed by atoms with Gasteiger partial charge in [0, 0.05) is 18.3 Å². The predicted octanol–water partition coefficient (Wildman–Crippen LogP) is -7.39. The fraction of sp³-hybridized carbons (Fsp3) is 0.706. The van der Waals surface area contributed by atoms with E-state index in [1.54, 1.807) is 13.8 Å². The van der Waals surface area contributed by atoms with Gasteiger partial charge in [-0.25, -0.2) is 4.98 Å². The topological polar surface area (TPSA) is 200 Å². The monoisotopic (exact) mass is 438 g/mol. The number of H-pyrrole nitrogens is 1. The van der Waals surface area contributed by atoms with E-state index in [1.165, 1.54) is 12.5 Å². The third-order valence-corrected chi connectivity index (χ3v) is 4.79. The number of aliphatic carboxylic acids is 1. The van der Waals surface area contributed by atoms with Crippen molar-refractivity contribution in [1.82, 2.24) is 20.6 Å². The zero-order chi connectivity index (χ0) is 21.8. The summed E-state index contributed by atoms with van der Waals surface area (Å²) in [5, 5.41) is 56.2. The Morgan fingerprint density at radius 1 is 1.40 bits per heavy atom. The van der Waals surface area contributed by atoms with Gasteiger partial charge in [0.25, 0.3) is 0 Å². The molecule has 1 fully saturated rings. The largest absolute Gasteiger partial charge is 1.00 e. The van der Waals surface area contributed by atoms with Crippen LogP contribution >= 0.6 is 0 Å². The molecule has 1 aliphatic heterocycles. The normalized spacial score (nSPS) is 28.4. The van der Waals surface area contributed by atoms with Crippen molar-refractivity contribution in [2.45, 2.75) is 56.5 Å². The summed E-state index contributed by atoms with van der Waals surface area (Å²) in [6.45, 7) is 2.53. The first-order valence-corrected chi connectivity index (χ1v) is 9.17. The number of hydrogen-bond donors (Lipinski definition) is 7. The van der Waals surface area contributed by atoms with E-state index in [9.17, 15) is 35.1 Å². The number of carbonyl (C=O) groups excluding carboxylic acids is 2. The SMILES string of the molecule is CC(C)[C@H](NCC1(O)OC[C@@H](O)C(O)C1O)C(=O)NC(Cc1cnc[nH]1)C(=O)[O-].[Na+]. The number of ether oxygens (including phenoxy) is 1. The molecule has 2 heterocycles. The summed E-state index contributed by atoms with van der Waals surface area (Å²) in [5.41, 5.74) is 0.495. The molecule has 30 heavy (non-hydrogen) atoms. The Hall–Kier alpha value is -1.09. The van der Waals surface area contributed by atoms with Crippen LogP contribution in [0.3, 0.4) is 0 Å². The molecule has 0 bridgehead atoms.